The van der Waals surface area contributed by atoms with Gasteiger partial charge in [-0.05, 0) is 12.1 Å². The van der Waals surface area contributed by atoms with E-state index in [1.807, 2.05) is 0 Å². The fourth-order valence-electron chi connectivity index (χ4n) is 1.16. The van der Waals surface area contributed by atoms with E-state index in [1.54, 1.807) is 6.07 Å². The van der Waals surface area contributed by atoms with Crippen molar-refractivity contribution in [1.29, 1.82) is 5.26 Å². The van der Waals surface area contributed by atoms with Gasteiger partial charge in [-0.15, -0.1) is 0 Å². The fraction of sp³-hybridized carbons (Fsp3) is 0.200. The second-order valence-electron chi connectivity index (χ2n) is 3.30. The van der Waals surface area contributed by atoms with E-state index in [0.29, 0.717) is 0 Å². The molecule has 1 rings (SSSR count). The monoisotopic (exact) mass is 273 g/mol. The smallest absolute Gasteiger partial charge is 0.471 e. The Bertz CT molecular complexity index is 534. The van der Waals surface area contributed by atoms with Crippen LogP contribution in [0.25, 0.3) is 0 Å². The van der Waals surface area contributed by atoms with Crippen molar-refractivity contribution in [1.82, 2.24) is 4.98 Å². The second kappa shape index (κ2) is 5.34. The maximum absolute atomic E-state index is 12.3. The average Bonchev–Trinajstić information content (AvgIpc) is 2.34. The Balaban J connectivity index is 3.13. The Hall–Kier alpha value is -2.63. The number of hydrogen-bond acceptors (Lipinski definition) is 4. The number of halogens is 3. The van der Waals surface area contributed by atoms with Crippen molar-refractivity contribution in [3.05, 3.63) is 23.9 Å². The highest BCUT2D eigenvalue weighted by Gasteiger charge is 2.44. The van der Waals surface area contributed by atoms with E-state index in [0.717, 1.165) is 18.3 Å². The first-order chi connectivity index (χ1) is 8.75. The van der Waals surface area contributed by atoms with Gasteiger partial charge in [-0.2, -0.15) is 18.4 Å². The SMILES string of the molecule is N#Cc1ccc(N(CC(=O)O)C(=O)C(F)(F)F)nc1. The van der Waals surface area contributed by atoms with Gasteiger partial charge in [-0.3, -0.25) is 14.5 Å². The minimum Gasteiger partial charge on any atom is -0.480 e. The Labute approximate surface area is 104 Å². The molecule has 1 N–H and O–H groups in total. The summed E-state index contributed by atoms with van der Waals surface area (Å²) in [6, 6.07) is 3.78. The molecular formula is C10H6F3N3O3. The summed E-state index contributed by atoms with van der Waals surface area (Å²) in [6.45, 7) is -1.18. The van der Waals surface area contributed by atoms with Gasteiger partial charge in [0.25, 0.3) is 0 Å². The molecule has 0 aliphatic carbocycles. The molecule has 1 aromatic rings. The highest BCUT2D eigenvalue weighted by Crippen LogP contribution is 2.22. The number of nitrogens with zero attached hydrogens (tertiary/aromatic N) is 3. The second-order valence-corrected chi connectivity index (χ2v) is 3.30. The number of rotatable bonds is 3. The molecule has 19 heavy (non-hydrogen) atoms. The third-order valence-corrected chi connectivity index (χ3v) is 1.93. The number of pyridine rings is 1. The molecule has 0 aliphatic rings. The van der Waals surface area contributed by atoms with Crippen LogP contribution in [0.5, 0.6) is 0 Å². The zero-order valence-electron chi connectivity index (χ0n) is 9.18. The van der Waals surface area contributed by atoms with Crippen LogP contribution in [0.3, 0.4) is 0 Å². The number of aromatic nitrogens is 1. The van der Waals surface area contributed by atoms with E-state index >= 15 is 0 Å². The van der Waals surface area contributed by atoms with Crippen LogP contribution in [-0.4, -0.2) is 34.7 Å². The van der Waals surface area contributed by atoms with E-state index in [9.17, 15) is 22.8 Å². The van der Waals surface area contributed by atoms with Gasteiger partial charge in [0.05, 0.1) is 5.56 Å². The summed E-state index contributed by atoms with van der Waals surface area (Å²) in [5.41, 5.74) is 0.0680. The van der Waals surface area contributed by atoms with E-state index in [1.165, 1.54) is 0 Å². The minimum absolute atomic E-state index is 0.0243. The molecule has 6 nitrogen and oxygen atoms in total. The van der Waals surface area contributed by atoms with Crippen LogP contribution in [0.15, 0.2) is 18.3 Å². The Kier molecular flexibility index (Phi) is 4.06. The molecule has 9 heteroatoms. The van der Waals surface area contributed by atoms with Crippen LogP contribution in [0.1, 0.15) is 5.56 Å². The number of carboxylic acids is 1. The number of nitriles is 1. The standard InChI is InChI=1S/C10H6F3N3O3/c11-10(12,13)9(19)16(5-8(17)18)7-2-1-6(3-14)4-15-7/h1-2,4H,5H2,(H,17,18). The lowest BCUT2D eigenvalue weighted by Crippen LogP contribution is -2.44. The molecular weight excluding hydrogens is 267 g/mol. The van der Waals surface area contributed by atoms with Gasteiger partial charge in [-0.25, -0.2) is 4.98 Å². The number of carbonyl (C=O) groups is 2. The number of aliphatic carboxylic acids is 1. The molecule has 0 atom stereocenters. The summed E-state index contributed by atoms with van der Waals surface area (Å²) in [5, 5.41) is 17.0. The summed E-state index contributed by atoms with van der Waals surface area (Å²) in [4.78, 5) is 25.0. The van der Waals surface area contributed by atoms with E-state index in [4.69, 9.17) is 10.4 Å². The summed E-state index contributed by atoms with van der Waals surface area (Å²) >= 11 is 0. The molecule has 0 spiro atoms. The number of hydrogen-bond donors (Lipinski definition) is 1. The first-order valence-corrected chi connectivity index (χ1v) is 4.72. The molecule has 100 valence electrons. The Morgan fingerprint density at radius 2 is 2.05 bits per heavy atom. The van der Waals surface area contributed by atoms with Crippen LogP contribution in [-0.2, 0) is 9.59 Å². The molecule has 0 aromatic carbocycles. The van der Waals surface area contributed by atoms with E-state index in [2.05, 4.69) is 4.98 Å². The van der Waals surface area contributed by atoms with Crippen molar-refractivity contribution >= 4 is 17.7 Å². The number of alkyl halides is 3. The lowest BCUT2D eigenvalue weighted by atomic mass is 10.3. The lowest BCUT2D eigenvalue weighted by Gasteiger charge is -2.20. The average molecular weight is 273 g/mol. The van der Waals surface area contributed by atoms with Crippen LogP contribution >= 0.6 is 0 Å². The van der Waals surface area contributed by atoms with Gasteiger partial charge >= 0.3 is 18.1 Å². The quantitative estimate of drug-likeness (QED) is 0.884. The molecule has 0 saturated carbocycles. The number of carboxylic acid groups (broad SMARTS) is 1. The van der Waals surface area contributed by atoms with Gasteiger partial charge in [0.2, 0.25) is 0 Å². The fourth-order valence-corrected chi connectivity index (χ4v) is 1.16. The van der Waals surface area contributed by atoms with Gasteiger partial charge < -0.3 is 5.11 Å². The van der Waals surface area contributed by atoms with Crippen LogP contribution in [0, 0.1) is 11.3 Å². The van der Waals surface area contributed by atoms with Gasteiger partial charge in [0, 0.05) is 6.20 Å². The number of carbonyl (C=O) groups excluding carboxylic acids is 1. The van der Waals surface area contributed by atoms with Gasteiger partial charge in [-0.1, -0.05) is 0 Å². The van der Waals surface area contributed by atoms with Crippen molar-refractivity contribution in [2.24, 2.45) is 0 Å². The summed E-state index contributed by atoms with van der Waals surface area (Å²) in [5.74, 6) is -4.46. The van der Waals surface area contributed by atoms with Crippen molar-refractivity contribution in [3.63, 3.8) is 0 Å². The third kappa shape index (κ3) is 3.67. The van der Waals surface area contributed by atoms with E-state index in [-0.39, 0.29) is 10.5 Å². The molecule has 1 heterocycles. The predicted molar refractivity (Wildman–Crippen MR) is 55.0 cm³/mol. The van der Waals surface area contributed by atoms with Crippen molar-refractivity contribution in [2.45, 2.75) is 6.18 Å². The zero-order valence-corrected chi connectivity index (χ0v) is 9.18. The summed E-state index contributed by atoms with van der Waals surface area (Å²) in [7, 11) is 0. The predicted octanol–water partition coefficient (Wildman–Crippen LogP) is 0.933. The van der Waals surface area contributed by atoms with Gasteiger partial charge in [0.15, 0.2) is 0 Å². The minimum atomic E-state index is -5.22. The molecule has 1 amide bonds. The maximum Gasteiger partial charge on any atom is 0.471 e. The first-order valence-electron chi connectivity index (χ1n) is 4.72. The maximum atomic E-state index is 12.3. The lowest BCUT2D eigenvalue weighted by molar-refractivity contribution is -0.171. The summed E-state index contributed by atoms with van der Waals surface area (Å²) < 4.78 is 36.9. The Morgan fingerprint density at radius 1 is 1.42 bits per heavy atom. The molecule has 0 bridgehead atoms. The number of anilines is 1. The molecule has 0 radical (unpaired) electrons. The topological polar surface area (TPSA) is 94.3 Å². The van der Waals surface area contributed by atoms with E-state index < -0.39 is 30.4 Å². The van der Waals surface area contributed by atoms with Crippen molar-refractivity contribution < 1.29 is 27.9 Å². The van der Waals surface area contributed by atoms with Gasteiger partial charge in [0.1, 0.15) is 18.4 Å². The van der Waals surface area contributed by atoms with Crippen LogP contribution < -0.4 is 4.90 Å². The van der Waals surface area contributed by atoms with Crippen LogP contribution in [0.4, 0.5) is 19.0 Å². The van der Waals surface area contributed by atoms with Crippen molar-refractivity contribution in [2.75, 3.05) is 11.4 Å². The Morgan fingerprint density at radius 3 is 2.42 bits per heavy atom. The zero-order chi connectivity index (χ0) is 14.6. The molecule has 0 aliphatic heterocycles. The first kappa shape index (κ1) is 14.4. The molecule has 0 saturated heterocycles. The third-order valence-electron chi connectivity index (χ3n) is 1.93. The largest absolute Gasteiger partial charge is 0.480 e. The van der Waals surface area contributed by atoms with Crippen LogP contribution in [0.2, 0.25) is 0 Å². The molecule has 1 aromatic heterocycles. The van der Waals surface area contributed by atoms with Crippen molar-refractivity contribution in [3.8, 4) is 6.07 Å². The number of amides is 1. The highest BCUT2D eigenvalue weighted by molar-refractivity contribution is 5.99. The normalized spacial score (nSPS) is 10.6. The highest BCUT2D eigenvalue weighted by atomic mass is 19.4. The molecule has 0 fully saturated rings. The molecule has 0 unspecified atom stereocenters. The summed E-state index contributed by atoms with van der Waals surface area (Å²) in [6.07, 6.45) is -4.28.